The van der Waals surface area contributed by atoms with E-state index in [4.69, 9.17) is 0 Å². The van der Waals surface area contributed by atoms with Crippen molar-refractivity contribution in [3.05, 3.63) is 22.4 Å². The lowest BCUT2D eigenvalue weighted by Crippen LogP contribution is -2.39. The van der Waals surface area contributed by atoms with Crippen LogP contribution in [0, 0.1) is 5.41 Å². The number of carbonyl (C=O) groups is 1. The third kappa shape index (κ3) is 2.97. The van der Waals surface area contributed by atoms with Gasteiger partial charge in [0.05, 0.1) is 5.41 Å². The van der Waals surface area contributed by atoms with E-state index in [-0.39, 0.29) is 23.7 Å². The predicted octanol–water partition coefficient (Wildman–Crippen LogP) is 1.79. The second-order valence-electron chi connectivity index (χ2n) is 4.30. The number of amides is 1. The van der Waals surface area contributed by atoms with Crippen molar-refractivity contribution in [1.29, 1.82) is 0 Å². The standard InChI is InChI=1S/C11H16N2OS.ClH/c1-11(3-4-12-8-11)10(14)13-6-9-2-5-15-7-9;/h2,5,7,12H,3-4,6,8H2,1H3,(H,13,14);1H. The van der Waals surface area contributed by atoms with Gasteiger partial charge in [-0.25, -0.2) is 0 Å². The number of thiophene rings is 1. The Balaban J connectivity index is 0.00000128. The molecule has 16 heavy (non-hydrogen) atoms. The van der Waals surface area contributed by atoms with Crippen LogP contribution in [0.1, 0.15) is 18.9 Å². The summed E-state index contributed by atoms with van der Waals surface area (Å²) in [6, 6.07) is 2.04. The van der Waals surface area contributed by atoms with Gasteiger partial charge in [0.25, 0.3) is 0 Å². The molecular formula is C11H17ClN2OS. The summed E-state index contributed by atoms with van der Waals surface area (Å²) in [7, 11) is 0. The summed E-state index contributed by atoms with van der Waals surface area (Å²) < 4.78 is 0. The van der Waals surface area contributed by atoms with Gasteiger partial charge in [-0.15, -0.1) is 12.4 Å². The smallest absolute Gasteiger partial charge is 0.227 e. The van der Waals surface area contributed by atoms with Crippen LogP contribution in [0.4, 0.5) is 0 Å². The Morgan fingerprint density at radius 1 is 1.69 bits per heavy atom. The highest BCUT2D eigenvalue weighted by Crippen LogP contribution is 2.24. The van der Waals surface area contributed by atoms with Crippen molar-refractivity contribution in [3.63, 3.8) is 0 Å². The molecule has 1 aromatic heterocycles. The highest BCUT2D eigenvalue weighted by atomic mass is 35.5. The van der Waals surface area contributed by atoms with Crippen molar-refractivity contribution in [2.45, 2.75) is 19.9 Å². The van der Waals surface area contributed by atoms with Gasteiger partial charge in [-0.1, -0.05) is 0 Å². The van der Waals surface area contributed by atoms with Crippen LogP contribution >= 0.6 is 23.7 Å². The molecule has 1 unspecified atom stereocenters. The minimum Gasteiger partial charge on any atom is -0.351 e. The molecule has 0 spiro atoms. The highest BCUT2D eigenvalue weighted by molar-refractivity contribution is 7.07. The maximum Gasteiger partial charge on any atom is 0.227 e. The van der Waals surface area contributed by atoms with Crippen LogP contribution in [0.2, 0.25) is 0 Å². The lowest BCUT2D eigenvalue weighted by atomic mass is 9.89. The second kappa shape index (κ2) is 5.66. The van der Waals surface area contributed by atoms with E-state index in [2.05, 4.69) is 16.0 Å². The fraction of sp³-hybridized carbons (Fsp3) is 0.545. The van der Waals surface area contributed by atoms with Gasteiger partial charge in [-0.3, -0.25) is 4.79 Å². The second-order valence-corrected chi connectivity index (χ2v) is 5.08. The summed E-state index contributed by atoms with van der Waals surface area (Å²) in [6.07, 6.45) is 0.933. The molecule has 2 rings (SSSR count). The Hall–Kier alpha value is -0.580. The van der Waals surface area contributed by atoms with E-state index in [1.54, 1.807) is 11.3 Å². The van der Waals surface area contributed by atoms with Gasteiger partial charge < -0.3 is 10.6 Å². The lowest BCUT2D eigenvalue weighted by molar-refractivity contribution is -0.129. The van der Waals surface area contributed by atoms with Crippen LogP contribution in [0.25, 0.3) is 0 Å². The summed E-state index contributed by atoms with van der Waals surface area (Å²) >= 11 is 1.66. The monoisotopic (exact) mass is 260 g/mol. The summed E-state index contributed by atoms with van der Waals surface area (Å²) in [6.45, 7) is 4.42. The predicted molar refractivity (Wildman–Crippen MR) is 69.0 cm³/mol. The number of carbonyl (C=O) groups excluding carboxylic acids is 1. The maximum atomic E-state index is 11.9. The Kier molecular flexibility index (Phi) is 4.77. The SMILES string of the molecule is CC1(C(=O)NCc2ccsc2)CCNC1.Cl. The zero-order valence-corrected chi connectivity index (χ0v) is 10.9. The molecule has 0 saturated carbocycles. The molecule has 5 heteroatoms. The van der Waals surface area contributed by atoms with Gasteiger partial charge in [0.15, 0.2) is 0 Å². The Labute approximate surface area is 106 Å². The fourth-order valence-corrected chi connectivity index (χ4v) is 2.47. The number of nitrogens with one attached hydrogen (secondary N) is 2. The first-order chi connectivity index (χ1) is 7.21. The molecule has 0 aliphatic carbocycles. The van der Waals surface area contributed by atoms with E-state index in [0.717, 1.165) is 19.5 Å². The topological polar surface area (TPSA) is 41.1 Å². The zero-order valence-electron chi connectivity index (χ0n) is 9.29. The van der Waals surface area contributed by atoms with Crippen LogP contribution in [-0.4, -0.2) is 19.0 Å². The van der Waals surface area contributed by atoms with Crippen LogP contribution in [0.15, 0.2) is 16.8 Å². The van der Waals surface area contributed by atoms with Gasteiger partial charge in [-0.05, 0) is 42.3 Å². The van der Waals surface area contributed by atoms with Crippen molar-refractivity contribution >= 4 is 29.7 Å². The van der Waals surface area contributed by atoms with Gasteiger partial charge in [-0.2, -0.15) is 11.3 Å². The first-order valence-electron chi connectivity index (χ1n) is 5.21. The largest absolute Gasteiger partial charge is 0.351 e. The molecule has 0 radical (unpaired) electrons. The normalized spacial score (nSPS) is 23.8. The van der Waals surface area contributed by atoms with Gasteiger partial charge in [0, 0.05) is 13.1 Å². The van der Waals surface area contributed by atoms with Crippen molar-refractivity contribution in [3.8, 4) is 0 Å². The van der Waals surface area contributed by atoms with Crippen molar-refractivity contribution in [2.24, 2.45) is 5.41 Å². The van der Waals surface area contributed by atoms with Gasteiger partial charge in [0.2, 0.25) is 5.91 Å². The molecule has 2 N–H and O–H groups in total. The molecule has 1 atom stereocenters. The third-order valence-corrected chi connectivity index (χ3v) is 3.68. The molecule has 2 heterocycles. The number of hydrogen-bond acceptors (Lipinski definition) is 3. The molecule has 1 aromatic rings. The summed E-state index contributed by atoms with van der Waals surface area (Å²) in [5, 5.41) is 10.3. The molecule has 0 aromatic carbocycles. The first-order valence-corrected chi connectivity index (χ1v) is 6.15. The van der Waals surface area contributed by atoms with E-state index in [9.17, 15) is 4.79 Å². The number of rotatable bonds is 3. The average Bonchev–Trinajstić information content (AvgIpc) is 2.85. The first kappa shape index (κ1) is 13.5. The zero-order chi connectivity index (χ0) is 10.7. The van der Waals surface area contributed by atoms with Crippen LogP contribution in [-0.2, 0) is 11.3 Å². The molecule has 1 saturated heterocycles. The highest BCUT2D eigenvalue weighted by Gasteiger charge is 2.35. The molecular weight excluding hydrogens is 244 g/mol. The average molecular weight is 261 g/mol. The molecule has 90 valence electrons. The number of hydrogen-bond donors (Lipinski definition) is 2. The van der Waals surface area contributed by atoms with Gasteiger partial charge >= 0.3 is 0 Å². The Bertz CT molecular complexity index is 334. The summed E-state index contributed by atoms with van der Waals surface area (Å²) in [5.41, 5.74) is 0.971. The molecule has 1 amide bonds. The van der Waals surface area contributed by atoms with E-state index in [0.29, 0.717) is 6.54 Å². The molecule has 1 aliphatic rings. The molecule has 0 bridgehead atoms. The van der Waals surface area contributed by atoms with Crippen LogP contribution in [0.5, 0.6) is 0 Å². The van der Waals surface area contributed by atoms with Crippen LogP contribution in [0.3, 0.4) is 0 Å². The van der Waals surface area contributed by atoms with E-state index >= 15 is 0 Å². The minimum absolute atomic E-state index is 0. The van der Waals surface area contributed by atoms with E-state index in [1.807, 2.05) is 18.4 Å². The van der Waals surface area contributed by atoms with E-state index in [1.165, 1.54) is 5.56 Å². The summed E-state index contributed by atoms with van der Waals surface area (Å²) in [5.74, 6) is 0.165. The minimum atomic E-state index is -0.212. The third-order valence-electron chi connectivity index (χ3n) is 2.95. The van der Waals surface area contributed by atoms with Gasteiger partial charge in [0.1, 0.15) is 0 Å². The quantitative estimate of drug-likeness (QED) is 0.870. The molecule has 1 aliphatic heterocycles. The summed E-state index contributed by atoms with van der Waals surface area (Å²) in [4.78, 5) is 11.9. The van der Waals surface area contributed by atoms with E-state index < -0.39 is 0 Å². The Morgan fingerprint density at radius 3 is 3.06 bits per heavy atom. The van der Waals surface area contributed by atoms with Crippen molar-refractivity contribution < 1.29 is 4.79 Å². The lowest BCUT2D eigenvalue weighted by Gasteiger charge is -2.21. The number of halogens is 1. The fourth-order valence-electron chi connectivity index (χ4n) is 1.80. The molecule has 1 fully saturated rings. The maximum absolute atomic E-state index is 11.9. The van der Waals surface area contributed by atoms with Crippen LogP contribution < -0.4 is 10.6 Å². The van der Waals surface area contributed by atoms with Crippen molar-refractivity contribution in [1.82, 2.24) is 10.6 Å². The van der Waals surface area contributed by atoms with Crippen molar-refractivity contribution in [2.75, 3.05) is 13.1 Å². The Morgan fingerprint density at radius 2 is 2.50 bits per heavy atom. The molecule has 3 nitrogen and oxygen atoms in total.